The predicted molar refractivity (Wildman–Crippen MR) is 109 cm³/mol. The van der Waals surface area contributed by atoms with Crippen molar-refractivity contribution in [2.24, 2.45) is 7.05 Å². The van der Waals surface area contributed by atoms with Crippen LogP contribution in [0.4, 0.5) is 11.5 Å². The zero-order chi connectivity index (χ0) is 19.8. The van der Waals surface area contributed by atoms with Crippen molar-refractivity contribution in [3.63, 3.8) is 0 Å². The quantitative estimate of drug-likeness (QED) is 0.704. The fourth-order valence-electron chi connectivity index (χ4n) is 3.73. The lowest BCUT2D eigenvalue weighted by Gasteiger charge is -2.16. The second kappa shape index (κ2) is 7.14. The number of benzene rings is 1. The first-order valence-corrected chi connectivity index (χ1v) is 9.54. The molecule has 1 N–H and O–H groups in total. The molecule has 3 aromatic rings. The molecule has 7 heteroatoms. The Hall–Kier alpha value is -3.09. The zero-order valence-electron chi connectivity index (χ0n) is 16.4. The van der Waals surface area contributed by atoms with E-state index in [1.807, 2.05) is 39.1 Å². The third kappa shape index (κ3) is 3.40. The molecule has 7 nitrogen and oxygen atoms in total. The minimum absolute atomic E-state index is 0.0962. The molecule has 2 aromatic heterocycles. The number of hydrogen-bond acceptors (Lipinski definition) is 5. The Bertz CT molecular complexity index is 1110. The maximum atomic E-state index is 12.8. The monoisotopic (exact) mass is 380 g/mol. The molecule has 0 radical (unpaired) electrons. The predicted octanol–water partition coefficient (Wildman–Crippen LogP) is 2.92. The summed E-state index contributed by atoms with van der Waals surface area (Å²) < 4.78 is 7.08. The summed E-state index contributed by atoms with van der Waals surface area (Å²) in [6, 6.07) is 7.05. The van der Waals surface area contributed by atoms with Crippen LogP contribution in [-0.2, 0) is 18.3 Å². The van der Waals surface area contributed by atoms with Crippen LogP contribution >= 0.6 is 0 Å². The van der Waals surface area contributed by atoms with Crippen LogP contribution in [0.25, 0.3) is 11.0 Å². The van der Waals surface area contributed by atoms with Crippen molar-refractivity contribution < 1.29 is 9.21 Å². The van der Waals surface area contributed by atoms with Gasteiger partial charge in [-0.3, -0.25) is 9.48 Å². The fraction of sp³-hybridized carbons (Fsp3) is 0.381. The summed E-state index contributed by atoms with van der Waals surface area (Å²) in [5.41, 5.74) is 3.37. The Balaban J connectivity index is 1.62. The van der Waals surface area contributed by atoms with Crippen molar-refractivity contribution in [2.45, 2.75) is 33.1 Å². The first kappa shape index (κ1) is 18.3. The maximum absolute atomic E-state index is 12.8. The van der Waals surface area contributed by atoms with Crippen LogP contribution < -0.4 is 15.8 Å². The summed E-state index contributed by atoms with van der Waals surface area (Å²) in [6.07, 6.45) is 2.36. The molecule has 0 aliphatic carbocycles. The highest BCUT2D eigenvalue weighted by Crippen LogP contribution is 2.31. The van der Waals surface area contributed by atoms with Crippen molar-refractivity contribution in [3.8, 4) is 0 Å². The number of fused-ring (bicyclic) bond motifs is 1. The molecule has 1 fully saturated rings. The van der Waals surface area contributed by atoms with Crippen molar-refractivity contribution in [3.05, 3.63) is 51.5 Å². The van der Waals surface area contributed by atoms with E-state index in [9.17, 15) is 9.59 Å². The minimum Gasteiger partial charge on any atom is -0.423 e. The van der Waals surface area contributed by atoms with Crippen LogP contribution in [0.15, 0.2) is 33.5 Å². The van der Waals surface area contributed by atoms with Crippen molar-refractivity contribution in [2.75, 3.05) is 23.3 Å². The van der Waals surface area contributed by atoms with Gasteiger partial charge in [0.05, 0.1) is 12.1 Å². The van der Waals surface area contributed by atoms with Crippen LogP contribution in [0.2, 0.25) is 0 Å². The fourth-order valence-corrected chi connectivity index (χ4v) is 3.73. The van der Waals surface area contributed by atoms with Crippen LogP contribution in [0.5, 0.6) is 0 Å². The lowest BCUT2D eigenvalue weighted by molar-refractivity contribution is -0.115. The molecule has 0 atom stereocenters. The maximum Gasteiger partial charge on any atom is 0.336 e. The number of carbonyl (C=O) groups is 1. The number of rotatable bonds is 4. The van der Waals surface area contributed by atoms with Gasteiger partial charge in [-0.1, -0.05) is 12.1 Å². The number of amides is 1. The SMILES string of the molecule is Cc1ccc2c(CC(=O)Nc3c(N4CCCC4)nn(C)c3C)cc(=O)oc2c1. The van der Waals surface area contributed by atoms with Gasteiger partial charge in [0.25, 0.3) is 0 Å². The van der Waals surface area contributed by atoms with E-state index in [1.165, 1.54) is 6.07 Å². The van der Waals surface area contributed by atoms with Gasteiger partial charge in [-0.2, -0.15) is 5.10 Å². The zero-order valence-corrected chi connectivity index (χ0v) is 16.4. The summed E-state index contributed by atoms with van der Waals surface area (Å²) >= 11 is 0. The van der Waals surface area contributed by atoms with Gasteiger partial charge < -0.3 is 14.6 Å². The molecule has 4 rings (SSSR count). The van der Waals surface area contributed by atoms with Crippen molar-refractivity contribution >= 4 is 28.4 Å². The second-order valence-corrected chi connectivity index (χ2v) is 7.42. The smallest absolute Gasteiger partial charge is 0.336 e. The van der Waals surface area contributed by atoms with E-state index in [0.717, 1.165) is 54.1 Å². The van der Waals surface area contributed by atoms with Crippen molar-refractivity contribution in [1.82, 2.24) is 9.78 Å². The highest BCUT2D eigenvalue weighted by Gasteiger charge is 2.23. The van der Waals surface area contributed by atoms with Gasteiger partial charge in [0.1, 0.15) is 11.3 Å². The average molecular weight is 380 g/mol. The molecule has 146 valence electrons. The molecule has 0 unspecified atom stereocenters. The Kier molecular flexibility index (Phi) is 4.66. The molecule has 1 aromatic carbocycles. The van der Waals surface area contributed by atoms with Gasteiger partial charge in [0, 0.05) is 31.6 Å². The first-order valence-electron chi connectivity index (χ1n) is 9.54. The first-order chi connectivity index (χ1) is 13.4. The topological polar surface area (TPSA) is 80.4 Å². The lowest BCUT2D eigenvalue weighted by atomic mass is 10.1. The van der Waals surface area contributed by atoms with E-state index in [1.54, 1.807) is 4.68 Å². The molecular weight excluding hydrogens is 356 g/mol. The van der Waals surface area contributed by atoms with E-state index in [-0.39, 0.29) is 12.3 Å². The number of carbonyl (C=O) groups excluding carboxylic acids is 1. The summed E-state index contributed by atoms with van der Waals surface area (Å²) in [6.45, 7) is 5.77. The number of hydrogen-bond donors (Lipinski definition) is 1. The van der Waals surface area contributed by atoms with Crippen LogP contribution in [0, 0.1) is 13.8 Å². The average Bonchev–Trinajstić information content (AvgIpc) is 3.25. The summed E-state index contributed by atoms with van der Waals surface area (Å²) in [5.74, 6) is 0.642. The highest BCUT2D eigenvalue weighted by molar-refractivity contribution is 5.97. The standard InChI is InChI=1S/C21H24N4O3/c1-13-6-7-16-15(12-19(27)28-17(16)10-13)11-18(26)22-20-14(2)24(3)23-21(20)25-8-4-5-9-25/h6-7,10,12H,4-5,8-9,11H2,1-3H3,(H,22,26). The van der Waals surface area contributed by atoms with E-state index in [0.29, 0.717) is 11.1 Å². The molecule has 3 heterocycles. The second-order valence-electron chi connectivity index (χ2n) is 7.42. The molecule has 0 spiro atoms. The van der Waals surface area contributed by atoms with Crippen LogP contribution in [-0.4, -0.2) is 28.8 Å². The van der Waals surface area contributed by atoms with Gasteiger partial charge in [-0.15, -0.1) is 0 Å². The summed E-state index contributed by atoms with van der Waals surface area (Å²) in [5, 5.41) is 8.39. The number of aryl methyl sites for hydroxylation is 2. The van der Waals surface area contributed by atoms with E-state index in [4.69, 9.17) is 4.42 Å². The molecule has 1 aliphatic rings. The largest absolute Gasteiger partial charge is 0.423 e. The van der Waals surface area contributed by atoms with E-state index in [2.05, 4.69) is 15.3 Å². The Morgan fingerprint density at radius 1 is 1.21 bits per heavy atom. The normalized spacial score (nSPS) is 14.0. The molecule has 28 heavy (non-hydrogen) atoms. The Labute approximate surface area is 162 Å². The Morgan fingerprint density at radius 2 is 1.96 bits per heavy atom. The van der Waals surface area contributed by atoms with Gasteiger partial charge in [-0.05, 0) is 43.9 Å². The highest BCUT2D eigenvalue weighted by atomic mass is 16.4. The number of nitrogens with one attached hydrogen (secondary N) is 1. The van der Waals surface area contributed by atoms with Crippen molar-refractivity contribution in [1.29, 1.82) is 0 Å². The van der Waals surface area contributed by atoms with Crippen LogP contribution in [0.3, 0.4) is 0 Å². The van der Waals surface area contributed by atoms with Crippen LogP contribution in [0.1, 0.15) is 29.7 Å². The van der Waals surface area contributed by atoms with Gasteiger partial charge >= 0.3 is 5.63 Å². The molecule has 1 saturated heterocycles. The molecule has 1 amide bonds. The molecule has 0 saturated carbocycles. The summed E-state index contributed by atoms with van der Waals surface area (Å²) in [7, 11) is 1.88. The van der Waals surface area contributed by atoms with Gasteiger partial charge in [-0.25, -0.2) is 4.79 Å². The van der Waals surface area contributed by atoms with Gasteiger partial charge in [0.15, 0.2) is 5.82 Å². The third-order valence-corrected chi connectivity index (χ3v) is 5.32. The molecule has 0 bridgehead atoms. The number of anilines is 2. The lowest BCUT2D eigenvalue weighted by Crippen LogP contribution is -2.22. The van der Waals surface area contributed by atoms with Gasteiger partial charge in [0.2, 0.25) is 5.91 Å². The minimum atomic E-state index is -0.448. The molecular formula is C21H24N4O3. The number of nitrogens with zero attached hydrogens (tertiary/aromatic N) is 3. The third-order valence-electron chi connectivity index (χ3n) is 5.32. The number of aromatic nitrogens is 2. The molecule has 1 aliphatic heterocycles. The Morgan fingerprint density at radius 3 is 2.71 bits per heavy atom. The van der Waals surface area contributed by atoms with E-state index < -0.39 is 5.63 Å². The summed E-state index contributed by atoms with van der Waals surface area (Å²) in [4.78, 5) is 27.0. The van der Waals surface area contributed by atoms with E-state index >= 15 is 0 Å².